The van der Waals surface area contributed by atoms with E-state index in [4.69, 9.17) is 10.5 Å². The first kappa shape index (κ1) is 18.6. The van der Waals surface area contributed by atoms with Crippen LogP contribution in [0.3, 0.4) is 0 Å². The van der Waals surface area contributed by atoms with Crippen LogP contribution in [0.4, 0.5) is 0 Å². The molecule has 0 unspecified atom stereocenters. The summed E-state index contributed by atoms with van der Waals surface area (Å²) >= 11 is 0. The van der Waals surface area contributed by atoms with E-state index in [2.05, 4.69) is 13.0 Å². The highest BCUT2D eigenvalue weighted by molar-refractivity contribution is 5.71. The van der Waals surface area contributed by atoms with Crippen molar-refractivity contribution in [2.75, 3.05) is 6.54 Å². The number of carbonyl (C=O) groups is 1. The summed E-state index contributed by atoms with van der Waals surface area (Å²) in [4.78, 5) is 23.6. The van der Waals surface area contributed by atoms with Crippen LogP contribution in [-0.2, 0) is 15.3 Å². The molecule has 4 atom stereocenters. The molecule has 0 saturated heterocycles. The molecule has 1 saturated carbocycles. The summed E-state index contributed by atoms with van der Waals surface area (Å²) in [6, 6.07) is 9.11. The second-order valence-electron chi connectivity index (χ2n) is 7.85. The number of carbonyl (C=O) groups excluding carboxylic acids is 1. The molecular weight excluding hydrogens is 332 g/mol. The number of benzene rings is 1. The molecular formula is C20H26N2O4. The Morgan fingerprint density at radius 1 is 1.42 bits per heavy atom. The van der Waals surface area contributed by atoms with Crippen molar-refractivity contribution in [1.29, 1.82) is 0 Å². The Hall–Kier alpha value is -2.21. The zero-order chi connectivity index (χ0) is 18.9. The van der Waals surface area contributed by atoms with Gasteiger partial charge in [0.1, 0.15) is 0 Å². The standard InChI is InChI=1S/C20H26N2O4/c1-3-14-9-15-11-20(13-22(24)25,17(15)10-14)12-18(23)26-19(2,21)16-7-5-4-6-8-16/h4-8,10,15,17H,3,9,11-13,21H2,1-2H3/t15-,17+,19+,20+/m0/s1. The van der Waals surface area contributed by atoms with E-state index in [0.29, 0.717) is 17.9 Å². The van der Waals surface area contributed by atoms with E-state index < -0.39 is 17.1 Å². The monoisotopic (exact) mass is 358 g/mol. The van der Waals surface area contributed by atoms with Crippen LogP contribution in [0.2, 0.25) is 0 Å². The third-order valence-electron chi connectivity index (χ3n) is 5.89. The van der Waals surface area contributed by atoms with E-state index in [-0.39, 0.29) is 23.8 Å². The van der Waals surface area contributed by atoms with Crippen molar-refractivity contribution >= 4 is 5.97 Å². The maximum atomic E-state index is 12.6. The van der Waals surface area contributed by atoms with Crippen molar-refractivity contribution in [3.8, 4) is 0 Å². The molecule has 2 aliphatic rings. The summed E-state index contributed by atoms with van der Waals surface area (Å²) in [5, 5.41) is 11.2. The molecule has 2 N–H and O–H groups in total. The van der Waals surface area contributed by atoms with E-state index >= 15 is 0 Å². The summed E-state index contributed by atoms with van der Waals surface area (Å²) in [5.41, 5.74) is 6.31. The Kier molecular flexibility index (Phi) is 4.88. The zero-order valence-corrected chi connectivity index (χ0v) is 15.3. The first-order valence-corrected chi connectivity index (χ1v) is 9.13. The lowest BCUT2D eigenvalue weighted by atomic mass is 9.53. The van der Waals surface area contributed by atoms with Gasteiger partial charge in [-0.2, -0.15) is 0 Å². The number of fused-ring (bicyclic) bond motifs is 1. The number of rotatable bonds is 7. The summed E-state index contributed by atoms with van der Waals surface area (Å²) in [6.07, 6.45) is 4.83. The van der Waals surface area contributed by atoms with Gasteiger partial charge in [-0.1, -0.05) is 48.9 Å². The molecule has 1 aromatic carbocycles. The van der Waals surface area contributed by atoms with Crippen molar-refractivity contribution < 1.29 is 14.5 Å². The van der Waals surface area contributed by atoms with Crippen molar-refractivity contribution in [1.82, 2.24) is 0 Å². The molecule has 1 fully saturated rings. The Bertz CT molecular complexity index is 729. The largest absolute Gasteiger partial charge is 0.440 e. The fraction of sp³-hybridized carbons (Fsp3) is 0.550. The molecule has 26 heavy (non-hydrogen) atoms. The average Bonchev–Trinajstić information content (AvgIpc) is 2.92. The van der Waals surface area contributed by atoms with Crippen LogP contribution < -0.4 is 5.73 Å². The fourth-order valence-corrected chi connectivity index (χ4v) is 4.62. The number of nitrogens with two attached hydrogens (primary N) is 1. The normalized spacial score (nSPS) is 29.1. The lowest BCUT2D eigenvalue weighted by Crippen LogP contribution is -2.52. The molecule has 0 amide bonds. The third-order valence-corrected chi connectivity index (χ3v) is 5.89. The van der Waals surface area contributed by atoms with Gasteiger partial charge in [0.15, 0.2) is 5.72 Å². The van der Waals surface area contributed by atoms with Crippen LogP contribution in [0, 0.1) is 27.4 Å². The molecule has 6 nitrogen and oxygen atoms in total. The van der Waals surface area contributed by atoms with Gasteiger partial charge in [0.2, 0.25) is 6.54 Å². The number of esters is 1. The van der Waals surface area contributed by atoms with Crippen LogP contribution in [-0.4, -0.2) is 17.4 Å². The maximum absolute atomic E-state index is 12.6. The predicted octanol–water partition coefficient (Wildman–Crippen LogP) is 3.39. The fourth-order valence-electron chi connectivity index (χ4n) is 4.62. The molecule has 3 rings (SSSR count). The first-order chi connectivity index (χ1) is 12.3. The van der Waals surface area contributed by atoms with Gasteiger partial charge in [-0.25, -0.2) is 0 Å². The highest BCUT2D eigenvalue weighted by Gasteiger charge is 2.59. The van der Waals surface area contributed by atoms with Gasteiger partial charge >= 0.3 is 5.97 Å². The van der Waals surface area contributed by atoms with Crippen molar-refractivity contribution in [2.24, 2.45) is 23.0 Å². The zero-order valence-electron chi connectivity index (χ0n) is 15.3. The molecule has 0 heterocycles. The number of nitrogens with zero attached hydrogens (tertiary/aromatic N) is 1. The number of hydrogen-bond donors (Lipinski definition) is 1. The quantitative estimate of drug-likeness (QED) is 0.265. The minimum absolute atomic E-state index is 0.0300. The third kappa shape index (κ3) is 3.51. The second kappa shape index (κ2) is 6.83. The predicted molar refractivity (Wildman–Crippen MR) is 97.6 cm³/mol. The topological polar surface area (TPSA) is 95.5 Å². The molecule has 2 aliphatic carbocycles. The lowest BCUT2D eigenvalue weighted by Gasteiger charge is -2.49. The molecule has 0 spiro atoms. The molecule has 1 aromatic rings. The van der Waals surface area contributed by atoms with Gasteiger partial charge in [0.05, 0.1) is 11.8 Å². The number of nitro groups is 1. The second-order valence-corrected chi connectivity index (χ2v) is 7.85. The van der Waals surface area contributed by atoms with E-state index in [9.17, 15) is 14.9 Å². The van der Waals surface area contributed by atoms with Gasteiger partial charge in [-0.05, 0) is 38.0 Å². The summed E-state index contributed by atoms with van der Waals surface area (Å²) in [7, 11) is 0. The number of ether oxygens (including phenoxy) is 1. The Balaban J connectivity index is 1.73. The molecule has 6 heteroatoms. The van der Waals surface area contributed by atoms with Crippen LogP contribution >= 0.6 is 0 Å². The van der Waals surface area contributed by atoms with Gasteiger partial charge in [-0.15, -0.1) is 0 Å². The molecule has 0 radical (unpaired) electrons. The number of allylic oxidation sites excluding steroid dienone is 2. The van der Waals surface area contributed by atoms with Crippen molar-refractivity contribution in [3.05, 3.63) is 57.7 Å². The SMILES string of the molecule is CCC1=C[C@@H]2[C@@H](C1)C[C@@]2(CC(=O)O[C@@](C)(N)c1ccccc1)C[N+](=O)[O-]. The van der Waals surface area contributed by atoms with E-state index in [1.165, 1.54) is 5.57 Å². The van der Waals surface area contributed by atoms with Gasteiger partial charge < -0.3 is 4.74 Å². The number of hydrogen-bond acceptors (Lipinski definition) is 5. The summed E-state index contributed by atoms with van der Waals surface area (Å²) in [6.45, 7) is 3.53. The molecule has 140 valence electrons. The lowest BCUT2D eigenvalue weighted by molar-refractivity contribution is -0.506. The minimum atomic E-state index is -1.25. The summed E-state index contributed by atoms with van der Waals surface area (Å²) < 4.78 is 5.53. The Morgan fingerprint density at radius 3 is 2.73 bits per heavy atom. The molecule has 0 bridgehead atoms. The van der Waals surface area contributed by atoms with E-state index in [1.807, 2.05) is 18.2 Å². The van der Waals surface area contributed by atoms with Gasteiger partial charge in [-0.3, -0.25) is 20.6 Å². The Morgan fingerprint density at radius 2 is 2.12 bits per heavy atom. The average molecular weight is 358 g/mol. The maximum Gasteiger partial charge on any atom is 0.308 e. The van der Waals surface area contributed by atoms with E-state index in [0.717, 1.165) is 12.8 Å². The van der Waals surface area contributed by atoms with Crippen LogP contribution in [0.1, 0.15) is 45.1 Å². The minimum Gasteiger partial charge on any atom is -0.440 e. The van der Waals surface area contributed by atoms with Crippen LogP contribution in [0.15, 0.2) is 42.0 Å². The molecule has 0 aliphatic heterocycles. The van der Waals surface area contributed by atoms with Crippen molar-refractivity contribution in [3.63, 3.8) is 0 Å². The van der Waals surface area contributed by atoms with Crippen LogP contribution in [0.5, 0.6) is 0 Å². The van der Waals surface area contributed by atoms with Gasteiger partial charge in [0, 0.05) is 10.5 Å². The van der Waals surface area contributed by atoms with Crippen molar-refractivity contribution in [2.45, 2.75) is 45.3 Å². The molecule has 0 aromatic heterocycles. The van der Waals surface area contributed by atoms with Gasteiger partial charge in [0.25, 0.3) is 0 Å². The Labute approximate surface area is 153 Å². The first-order valence-electron chi connectivity index (χ1n) is 9.13. The summed E-state index contributed by atoms with van der Waals surface area (Å²) in [5.74, 6) is 0.0461. The van der Waals surface area contributed by atoms with Crippen LogP contribution in [0.25, 0.3) is 0 Å². The van der Waals surface area contributed by atoms with E-state index in [1.54, 1.807) is 19.1 Å². The highest BCUT2D eigenvalue weighted by Crippen LogP contribution is 2.60. The highest BCUT2D eigenvalue weighted by atomic mass is 16.6. The smallest absolute Gasteiger partial charge is 0.308 e.